The molecule has 5 nitrogen and oxygen atoms in total. The van der Waals surface area contributed by atoms with E-state index in [0.29, 0.717) is 4.88 Å². The lowest BCUT2D eigenvalue weighted by Gasteiger charge is -1.96. The van der Waals surface area contributed by atoms with E-state index in [1.54, 1.807) is 5.38 Å². The van der Waals surface area contributed by atoms with Gasteiger partial charge in [0.15, 0.2) is 11.6 Å². The number of allylic oxidation sites excluding steroid dienone is 1. The lowest BCUT2D eigenvalue weighted by Crippen LogP contribution is -2.05. The smallest absolute Gasteiger partial charge is 0.287 e. The summed E-state index contributed by atoms with van der Waals surface area (Å²) in [5.74, 6) is -0.787. The number of ketones is 2. The molecule has 0 amide bonds. The van der Waals surface area contributed by atoms with Crippen LogP contribution in [0.2, 0.25) is 0 Å². The molecule has 0 spiro atoms. The lowest BCUT2D eigenvalue weighted by atomic mass is 10.1. The molecular formula is C10H9NO4S. The molecule has 0 aliphatic carbocycles. The predicted octanol–water partition coefficient (Wildman–Crippen LogP) is 2.22. The van der Waals surface area contributed by atoms with Crippen LogP contribution in [-0.4, -0.2) is 16.5 Å². The minimum absolute atomic E-state index is 0.0226. The first-order valence-electron chi connectivity index (χ1n) is 4.39. The Bertz CT molecular complexity index is 471. The van der Waals surface area contributed by atoms with Gasteiger partial charge in [0.1, 0.15) is 4.88 Å². The fourth-order valence-electron chi connectivity index (χ4n) is 1.16. The monoisotopic (exact) mass is 239 g/mol. The molecule has 0 aliphatic rings. The minimum Gasteiger partial charge on any atom is -0.294 e. The van der Waals surface area contributed by atoms with Crippen molar-refractivity contribution in [3.8, 4) is 0 Å². The molecule has 0 fully saturated rings. The fourth-order valence-corrected chi connectivity index (χ4v) is 1.95. The number of hydrogen-bond donors (Lipinski definition) is 0. The van der Waals surface area contributed by atoms with E-state index in [4.69, 9.17) is 0 Å². The molecule has 0 unspecified atom stereocenters. The van der Waals surface area contributed by atoms with Crippen molar-refractivity contribution < 1.29 is 14.5 Å². The molecule has 84 valence electrons. The van der Waals surface area contributed by atoms with Crippen molar-refractivity contribution in [2.24, 2.45) is 0 Å². The van der Waals surface area contributed by atoms with Crippen LogP contribution in [0.1, 0.15) is 18.7 Å². The predicted molar refractivity (Wildman–Crippen MR) is 60.3 cm³/mol. The third-order valence-electron chi connectivity index (χ3n) is 1.90. The van der Waals surface area contributed by atoms with Crippen molar-refractivity contribution in [2.75, 3.05) is 0 Å². The quantitative estimate of drug-likeness (QED) is 0.265. The summed E-state index contributed by atoms with van der Waals surface area (Å²) in [5, 5.41) is 12.2. The molecule has 0 radical (unpaired) electrons. The summed E-state index contributed by atoms with van der Waals surface area (Å²) < 4.78 is 0. The highest BCUT2D eigenvalue weighted by molar-refractivity contribution is 7.11. The molecule has 0 N–H and O–H groups in total. The van der Waals surface area contributed by atoms with Gasteiger partial charge in [0.25, 0.3) is 5.69 Å². The van der Waals surface area contributed by atoms with E-state index < -0.39 is 16.5 Å². The van der Waals surface area contributed by atoms with Crippen LogP contribution in [0.5, 0.6) is 0 Å². The third kappa shape index (κ3) is 2.60. The zero-order chi connectivity index (χ0) is 12.3. The van der Waals surface area contributed by atoms with Gasteiger partial charge >= 0.3 is 0 Å². The van der Waals surface area contributed by atoms with E-state index in [0.717, 1.165) is 11.3 Å². The number of Topliss-reactive ketones (excluding diaryl/α,β-unsaturated/α-hetero) is 2. The summed E-state index contributed by atoms with van der Waals surface area (Å²) in [6, 6.07) is 1.34. The maximum Gasteiger partial charge on any atom is 0.287 e. The van der Waals surface area contributed by atoms with Gasteiger partial charge in [-0.05, 0) is 25.3 Å². The Morgan fingerprint density at radius 2 is 1.94 bits per heavy atom. The molecule has 1 heterocycles. The van der Waals surface area contributed by atoms with Crippen LogP contribution in [0.3, 0.4) is 0 Å². The molecular weight excluding hydrogens is 230 g/mol. The number of nitrogens with zero attached hydrogens (tertiary/aromatic N) is 1. The lowest BCUT2D eigenvalue weighted by molar-refractivity contribution is -0.384. The summed E-state index contributed by atoms with van der Waals surface area (Å²) in [5.41, 5.74) is -0.115. The van der Waals surface area contributed by atoms with Crippen LogP contribution in [0.15, 0.2) is 17.0 Å². The van der Waals surface area contributed by atoms with Crippen LogP contribution in [0.4, 0.5) is 5.69 Å². The number of rotatable bonds is 4. The average Bonchev–Trinajstić information content (AvgIpc) is 2.60. The van der Waals surface area contributed by atoms with Gasteiger partial charge in [-0.1, -0.05) is 0 Å². The zero-order valence-corrected chi connectivity index (χ0v) is 9.54. The molecule has 0 saturated carbocycles. The van der Waals surface area contributed by atoms with Crippen molar-refractivity contribution in [3.05, 3.63) is 32.0 Å². The highest BCUT2D eigenvalue weighted by Crippen LogP contribution is 2.27. The third-order valence-corrected chi connectivity index (χ3v) is 2.76. The minimum atomic E-state index is -0.541. The Labute approximate surface area is 95.5 Å². The number of carbonyl (C=O) groups is 2. The summed E-state index contributed by atoms with van der Waals surface area (Å²) in [6.45, 7) is 2.51. The average molecular weight is 239 g/mol. The second kappa shape index (κ2) is 4.80. The molecule has 1 rings (SSSR count). The van der Waals surface area contributed by atoms with Gasteiger partial charge in [-0.2, -0.15) is 0 Å². The van der Waals surface area contributed by atoms with Crippen molar-refractivity contribution in [1.82, 2.24) is 0 Å². The van der Waals surface area contributed by atoms with E-state index >= 15 is 0 Å². The standard InChI is InChI=1S/C10H9NO4S/c1-6(12)8(7(2)13)5-10-9(11(14)15)3-4-16-10/h3-5H,1-2H3. The SMILES string of the molecule is CC(=O)C(=Cc1sccc1[N+](=O)[O-])C(C)=O. The Kier molecular flexibility index (Phi) is 3.68. The van der Waals surface area contributed by atoms with E-state index in [2.05, 4.69) is 0 Å². The van der Waals surface area contributed by atoms with Gasteiger partial charge in [-0.15, -0.1) is 11.3 Å². The van der Waals surface area contributed by atoms with Gasteiger partial charge in [0, 0.05) is 6.07 Å². The maximum absolute atomic E-state index is 11.1. The number of carbonyl (C=O) groups excluding carboxylic acids is 2. The van der Waals surface area contributed by atoms with Gasteiger partial charge in [0.2, 0.25) is 0 Å². The molecule has 0 bridgehead atoms. The summed E-state index contributed by atoms with van der Waals surface area (Å²) in [6.07, 6.45) is 1.27. The Morgan fingerprint density at radius 3 is 2.38 bits per heavy atom. The highest BCUT2D eigenvalue weighted by atomic mass is 32.1. The number of nitro groups is 1. The topological polar surface area (TPSA) is 77.3 Å². The van der Waals surface area contributed by atoms with Crippen LogP contribution in [0.25, 0.3) is 6.08 Å². The Morgan fingerprint density at radius 1 is 1.38 bits per heavy atom. The summed E-state index contributed by atoms with van der Waals surface area (Å²) in [4.78, 5) is 32.7. The molecule has 1 aromatic rings. The van der Waals surface area contributed by atoms with Crippen LogP contribution >= 0.6 is 11.3 Å². The second-order valence-electron chi connectivity index (χ2n) is 3.10. The molecule has 0 atom stereocenters. The van der Waals surface area contributed by atoms with Crippen molar-refractivity contribution in [2.45, 2.75) is 13.8 Å². The Hall–Kier alpha value is -1.82. The first kappa shape index (κ1) is 12.3. The maximum atomic E-state index is 11.1. The van der Waals surface area contributed by atoms with E-state index in [1.807, 2.05) is 0 Å². The first-order chi connectivity index (χ1) is 7.43. The number of thiophene rings is 1. The number of hydrogen-bond acceptors (Lipinski definition) is 5. The largest absolute Gasteiger partial charge is 0.294 e. The van der Waals surface area contributed by atoms with Crippen molar-refractivity contribution >= 4 is 34.7 Å². The molecule has 0 aliphatic heterocycles. The normalized spacial score (nSPS) is 9.62. The van der Waals surface area contributed by atoms with Crippen molar-refractivity contribution in [3.63, 3.8) is 0 Å². The van der Waals surface area contributed by atoms with Gasteiger partial charge < -0.3 is 0 Å². The van der Waals surface area contributed by atoms with Crippen LogP contribution in [0, 0.1) is 10.1 Å². The molecule has 1 aromatic heterocycles. The molecule has 0 saturated heterocycles. The fraction of sp³-hybridized carbons (Fsp3) is 0.200. The first-order valence-corrected chi connectivity index (χ1v) is 5.27. The summed E-state index contributed by atoms with van der Waals surface area (Å²) in [7, 11) is 0. The zero-order valence-electron chi connectivity index (χ0n) is 8.72. The van der Waals surface area contributed by atoms with Crippen molar-refractivity contribution in [1.29, 1.82) is 0 Å². The summed E-state index contributed by atoms with van der Waals surface area (Å²) >= 11 is 1.12. The van der Waals surface area contributed by atoms with E-state index in [-0.39, 0.29) is 11.3 Å². The van der Waals surface area contributed by atoms with Gasteiger partial charge in [-0.25, -0.2) is 0 Å². The van der Waals surface area contributed by atoms with Gasteiger partial charge in [0.05, 0.1) is 10.5 Å². The Balaban J connectivity index is 3.23. The molecule has 6 heteroatoms. The molecule has 0 aromatic carbocycles. The van der Waals surface area contributed by atoms with E-state index in [9.17, 15) is 19.7 Å². The van der Waals surface area contributed by atoms with Gasteiger partial charge in [-0.3, -0.25) is 19.7 Å². The van der Waals surface area contributed by atoms with Crippen LogP contribution < -0.4 is 0 Å². The highest BCUT2D eigenvalue weighted by Gasteiger charge is 2.16. The second-order valence-corrected chi connectivity index (χ2v) is 4.05. The van der Waals surface area contributed by atoms with E-state index in [1.165, 1.54) is 26.0 Å². The van der Waals surface area contributed by atoms with Crippen LogP contribution in [-0.2, 0) is 9.59 Å². The molecule has 16 heavy (non-hydrogen) atoms.